The van der Waals surface area contributed by atoms with E-state index in [1.807, 2.05) is 30.5 Å². The summed E-state index contributed by atoms with van der Waals surface area (Å²) in [6.07, 6.45) is 2.07. The predicted molar refractivity (Wildman–Crippen MR) is 95.6 cm³/mol. The smallest absolute Gasteiger partial charge is 0.481 e. The zero-order valence-electron chi connectivity index (χ0n) is 14.7. The normalized spacial score (nSPS) is 19.0. The van der Waals surface area contributed by atoms with Crippen LogP contribution in [0.2, 0.25) is 0 Å². The van der Waals surface area contributed by atoms with Crippen molar-refractivity contribution < 1.29 is 33.0 Å². The molecule has 1 aliphatic rings. The SMILES string of the molecule is O=C(O)C(F)(F)F.O=C(O)[C@@H]1CC=C[C@@H](NCc2cc3ccccc3cn2)C1. The van der Waals surface area contributed by atoms with Crippen molar-refractivity contribution in [3.8, 4) is 0 Å². The van der Waals surface area contributed by atoms with E-state index in [4.69, 9.17) is 15.0 Å². The number of aromatic nitrogens is 1. The number of halogens is 3. The number of alkyl halides is 3. The van der Waals surface area contributed by atoms with Crippen LogP contribution in [0.4, 0.5) is 13.2 Å². The number of nitrogens with zero attached hydrogens (tertiary/aromatic N) is 1. The van der Waals surface area contributed by atoms with Gasteiger partial charge in [-0.1, -0.05) is 36.4 Å². The van der Waals surface area contributed by atoms with E-state index in [1.165, 1.54) is 5.39 Å². The first-order valence-electron chi connectivity index (χ1n) is 8.43. The van der Waals surface area contributed by atoms with Crippen LogP contribution in [-0.2, 0) is 16.1 Å². The van der Waals surface area contributed by atoms with Gasteiger partial charge in [0, 0.05) is 24.2 Å². The third kappa shape index (κ3) is 6.34. The number of benzene rings is 1. The number of carboxylic acids is 2. The molecule has 0 spiro atoms. The third-order valence-electron chi connectivity index (χ3n) is 4.15. The molecule has 150 valence electrons. The summed E-state index contributed by atoms with van der Waals surface area (Å²) in [5.74, 6) is -3.75. The Hall–Kier alpha value is -2.94. The summed E-state index contributed by atoms with van der Waals surface area (Å²) in [7, 11) is 0. The van der Waals surface area contributed by atoms with Crippen molar-refractivity contribution in [3.05, 3.63) is 54.4 Å². The van der Waals surface area contributed by atoms with Crippen LogP contribution in [0.25, 0.3) is 10.8 Å². The maximum atomic E-state index is 11.0. The van der Waals surface area contributed by atoms with E-state index in [-0.39, 0.29) is 12.0 Å². The molecule has 0 bridgehead atoms. The molecule has 2 atom stereocenters. The minimum atomic E-state index is -5.08. The van der Waals surface area contributed by atoms with Gasteiger partial charge in [0.2, 0.25) is 0 Å². The Morgan fingerprint density at radius 3 is 2.43 bits per heavy atom. The van der Waals surface area contributed by atoms with E-state index in [9.17, 15) is 18.0 Å². The molecule has 3 N–H and O–H groups in total. The van der Waals surface area contributed by atoms with Crippen LogP contribution in [0.15, 0.2) is 48.7 Å². The van der Waals surface area contributed by atoms with Crippen LogP contribution < -0.4 is 5.32 Å². The average molecular weight is 396 g/mol. The summed E-state index contributed by atoms with van der Waals surface area (Å²) >= 11 is 0. The molecule has 0 amide bonds. The molecule has 2 aromatic rings. The molecular weight excluding hydrogens is 377 g/mol. The molecule has 9 heteroatoms. The van der Waals surface area contributed by atoms with Crippen molar-refractivity contribution >= 4 is 22.7 Å². The lowest BCUT2D eigenvalue weighted by molar-refractivity contribution is -0.192. The molecule has 0 unspecified atom stereocenters. The van der Waals surface area contributed by atoms with Gasteiger partial charge in [0.05, 0.1) is 11.6 Å². The number of carboxylic acid groups (broad SMARTS) is 2. The Kier molecular flexibility index (Phi) is 7.11. The van der Waals surface area contributed by atoms with Crippen molar-refractivity contribution in [2.75, 3.05) is 0 Å². The van der Waals surface area contributed by atoms with Crippen molar-refractivity contribution in [1.82, 2.24) is 10.3 Å². The van der Waals surface area contributed by atoms with Gasteiger partial charge in [-0.3, -0.25) is 9.78 Å². The fourth-order valence-corrected chi connectivity index (χ4v) is 2.70. The summed E-state index contributed by atoms with van der Waals surface area (Å²) < 4.78 is 31.7. The lowest BCUT2D eigenvalue weighted by atomic mass is 9.91. The monoisotopic (exact) mass is 396 g/mol. The Labute approximate surface area is 158 Å². The molecule has 1 aliphatic carbocycles. The molecule has 0 radical (unpaired) electrons. The van der Waals surface area contributed by atoms with Gasteiger partial charge in [-0.05, 0) is 24.3 Å². The number of fused-ring (bicyclic) bond motifs is 1. The summed E-state index contributed by atoms with van der Waals surface area (Å²) in [4.78, 5) is 24.4. The second-order valence-corrected chi connectivity index (χ2v) is 6.25. The topological polar surface area (TPSA) is 99.5 Å². The first-order chi connectivity index (χ1) is 13.2. The van der Waals surface area contributed by atoms with E-state index >= 15 is 0 Å². The zero-order valence-corrected chi connectivity index (χ0v) is 14.7. The van der Waals surface area contributed by atoms with E-state index in [1.54, 1.807) is 0 Å². The van der Waals surface area contributed by atoms with Crippen LogP contribution in [0, 0.1) is 5.92 Å². The number of pyridine rings is 1. The Bertz CT molecular complexity index is 868. The van der Waals surface area contributed by atoms with Gasteiger partial charge >= 0.3 is 18.1 Å². The highest BCUT2D eigenvalue weighted by atomic mass is 19.4. The largest absolute Gasteiger partial charge is 0.490 e. The van der Waals surface area contributed by atoms with Crippen molar-refractivity contribution in [2.24, 2.45) is 5.92 Å². The summed E-state index contributed by atoms with van der Waals surface area (Å²) in [5.41, 5.74) is 0.972. The van der Waals surface area contributed by atoms with Gasteiger partial charge in [0.1, 0.15) is 0 Å². The van der Waals surface area contributed by atoms with Crippen LogP contribution in [-0.4, -0.2) is 39.4 Å². The minimum absolute atomic E-state index is 0.105. The van der Waals surface area contributed by atoms with Crippen LogP contribution >= 0.6 is 0 Å². The molecule has 0 saturated carbocycles. The van der Waals surface area contributed by atoms with Crippen molar-refractivity contribution in [3.63, 3.8) is 0 Å². The molecule has 28 heavy (non-hydrogen) atoms. The van der Waals surface area contributed by atoms with E-state index in [2.05, 4.69) is 28.5 Å². The number of nitrogens with one attached hydrogen (secondary N) is 1. The number of hydrogen-bond donors (Lipinski definition) is 3. The van der Waals surface area contributed by atoms with Crippen LogP contribution in [0.5, 0.6) is 0 Å². The second-order valence-electron chi connectivity index (χ2n) is 6.25. The molecular formula is C19H19F3N2O4. The lowest BCUT2D eigenvalue weighted by Gasteiger charge is -2.22. The highest BCUT2D eigenvalue weighted by Gasteiger charge is 2.38. The first-order valence-corrected chi connectivity index (χ1v) is 8.43. The number of aliphatic carboxylic acids is 2. The standard InChI is InChI=1S/C17H18N2O2.C2HF3O2/c20-17(21)13-6-3-7-15(9-13)19-11-16-8-12-4-1-2-5-14(12)10-18-16;3-2(4,5)1(6)7/h1-5,7-8,10,13,15,19H,6,9,11H2,(H,20,21);(H,6,7)/t13-,15-;/m1./s1. The van der Waals surface area contributed by atoms with Gasteiger partial charge in [0.15, 0.2) is 0 Å². The molecule has 1 aromatic carbocycles. The molecule has 1 aromatic heterocycles. The zero-order chi connectivity index (χ0) is 20.7. The predicted octanol–water partition coefficient (Wildman–Crippen LogP) is 3.38. The third-order valence-corrected chi connectivity index (χ3v) is 4.15. The van der Waals surface area contributed by atoms with E-state index < -0.39 is 18.1 Å². The average Bonchev–Trinajstić information content (AvgIpc) is 2.66. The Morgan fingerprint density at radius 2 is 1.82 bits per heavy atom. The maximum Gasteiger partial charge on any atom is 0.490 e. The van der Waals surface area contributed by atoms with Crippen molar-refractivity contribution in [2.45, 2.75) is 31.6 Å². The van der Waals surface area contributed by atoms with Gasteiger partial charge in [-0.2, -0.15) is 13.2 Å². The van der Waals surface area contributed by atoms with Crippen LogP contribution in [0.1, 0.15) is 18.5 Å². The highest BCUT2D eigenvalue weighted by molar-refractivity contribution is 5.81. The van der Waals surface area contributed by atoms with E-state index in [0.29, 0.717) is 19.4 Å². The Morgan fingerprint density at radius 1 is 1.18 bits per heavy atom. The fourth-order valence-electron chi connectivity index (χ4n) is 2.70. The molecule has 3 rings (SSSR count). The summed E-state index contributed by atoms with van der Waals surface area (Å²) in [6, 6.07) is 10.3. The minimum Gasteiger partial charge on any atom is -0.481 e. The first kappa shape index (κ1) is 21.4. The second kappa shape index (κ2) is 9.32. The Balaban J connectivity index is 0.000000345. The van der Waals surface area contributed by atoms with Crippen LogP contribution in [0.3, 0.4) is 0 Å². The molecule has 0 fully saturated rings. The summed E-state index contributed by atoms with van der Waals surface area (Å²) in [5, 5.41) is 21.9. The number of carbonyl (C=O) groups is 2. The lowest BCUT2D eigenvalue weighted by Crippen LogP contribution is -2.33. The van der Waals surface area contributed by atoms with Gasteiger partial charge in [-0.15, -0.1) is 0 Å². The van der Waals surface area contributed by atoms with E-state index in [0.717, 1.165) is 11.1 Å². The van der Waals surface area contributed by atoms with Gasteiger partial charge in [-0.25, -0.2) is 4.79 Å². The molecule has 1 heterocycles. The van der Waals surface area contributed by atoms with Crippen molar-refractivity contribution in [1.29, 1.82) is 0 Å². The fraction of sp³-hybridized carbons (Fsp3) is 0.316. The molecule has 6 nitrogen and oxygen atoms in total. The van der Waals surface area contributed by atoms with Gasteiger partial charge < -0.3 is 15.5 Å². The molecule has 0 saturated heterocycles. The summed E-state index contributed by atoms with van der Waals surface area (Å²) in [6.45, 7) is 0.645. The molecule has 0 aliphatic heterocycles. The highest BCUT2D eigenvalue weighted by Crippen LogP contribution is 2.19. The number of rotatable bonds is 4. The maximum absolute atomic E-state index is 11.0. The van der Waals surface area contributed by atoms with Gasteiger partial charge in [0.25, 0.3) is 0 Å². The quantitative estimate of drug-likeness (QED) is 0.686. The number of hydrogen-bond acceptors (Lipinski definition) is 4. The number of allylic oxidation sites excluding steroid dienone is 1.